The molecular formula is C56H39N. The van der Waals surface area contributed by atoms with Crippen molar-refractivity contribution in [3.63, 3.8) is 0 Å². The smallest absolute Gasteiger partial charge is 0.0732 e. The second-order valence-electron chi connectivity index (χ2n) is 16.3. The van der Waals surface area contributed by atoms with E-state index in [0.717, 1.165) is 11.4 Å². The van der Waals surface area contributed by atoms with Crippen LogP contribution in [0.1, 0.15) is 47.2 Å². The Bertz CT molecular complexity index is 3050. The van der Waals surface area contributed by atoms with Crippen molar-refractivity contribution in [2.24, 2.45) is 0 Å². The van der Waals surface area contributed by atoms with Crippen LogP contribution >= 0.6 is 0 Å². The molecule has 3 aliphatic rings. The first kappa shape index (κ1) is 32.3. The second kappa shape index (κ2) is 11.8. The monoisotopic (exact) mass is 725 g/mol. The van der Waals surface area contributed by atoms with E-state index in [4.69, 9.17) is 0 Å². The standard InChI is InChI=1S/C56H39N/c1-55(2)46-29-15-11-23-39(46)42-34-33-38(35-50(42)55)57(37-21-7-4-8-22-37)54-51(36-19-5-3-6-20-36)43-26-9-10-27-44(43)53-52(54)45-28-14-18-32-49(45)56(53)47-30-16-12-24-40(47)41-25-13-17-31-48(41)56/h3-35H,1-2H3. The van der Waals surface area contributed by atoms with Crippen LogP contribution < -0.4 is 4.90 Å². The number of hydrogen-bond donors (Lipinski definition) is 0. The first-order valence-corrected chi connectivity index (χ1v) is 20.1. The number of benzene rings is 9. The minimum atomic E-state index is -0.507. The lowest BCUT2D eigenvalue weighted by molar-refractivity contribution is 0.660. The van der Waals surface area contributed by atoms with Crippen molar-refractivity contribution in [1.82, 2.24) is 0 Å². The van der Waals surface area contributed by atoms with E-state index in [9.17, 15) is 0 Å². The van der Waals surface area contributed by atoms with Crippen molar-refractivity contribution in [3.8, 4) is 44.5 Å². The first-order valence-electron chi connectivity index (χ1n) is 20.1. The zero-order valence-electron chi connectivity index (χ0n) is 32.0. The summed E-state index contributed by atoms with van der Waals surface area (Å²) in [6.07, 6.45) is 0. The maximum absolute atomic E-state index is 2.58. The molecule has 0 amide bonds. The van der Waals surface area contributed by atoms with Gasteiger partial charge in [-0.15, -0.1) is 0 Å². The fraction of sp³-hybridized carbons (Fsp3) is 0.0714. The maximum atomic E-state index is 2.58. The summed E-state index contributed by atoms with van der Waals surface area (Å²) in [5, 5.41) is 2.54. The summed E-state index contributed by atoms with van der Waals surface area (Å²) in [6.45, 7) is 4.76. The van der Waals surface area contributed by atoms with Gasteiger partial charge >= 0.3 is 0 Å². The van der Waals surface area contributed by atoms with Gasteiger partial charge in [0.2, 0.25) is 0 Å². The van der Waals surface area contributed by atoms with Gasteiger partial charge in [0.1, 0.15) is 0 Å². The maximum Gasteiger partial charge on any atom is 0.0732 e. The number of rotatable bonds is 4. The van der Waals surface area contributed by atoms with Crippen LogP contribution in [-0.4, -0.2) is 0 Å². The molecule has 1 spiro atoms. The third kappa shape index (κ3) is 4.18. The van der Waals surface area contributed by atoms with Crippen LogP contribution in [-0.2, 0) is 10.8 Å². The van der Waals surface area contributed by atoms with E-state index in [1.165, 1.54) is 94.3 Å². The molecule has 0 saturated carbocycles. The molecule has 1 nitrogen and oxygen atoms in total. The van der Waals surface area contributed by atoms with Crippen LogP contribution in [0, 0.1) is 0 Å². The first-order chi connectivity index (χ1) is 28.1. The average molecular weight is 726 g/mol. The summed E-state index contributed by atoms with van der Waals surface area (Å²) in [5.74, 6) is 0. The van der Waals surface area contributed by atoms with Crippen LogP contribution in [0.3, 0.4) is 0 Å². The largest absolute Gasteiger partial charge is 0.309 e. The van der Waals surface area contributed by atoms with E-state index in [-0.39, 0.29) is 5.41 Å². The number of hydrogen-bond acceptors (Lipinski definition) is 1. The highest BCUT2D eigenvalue weighted by Crippen LogP contribution is 2.67. The Hall–Kier alpha value is -6.96. The van der Waals surface area contributed by atoms with Crippen LogP contribution in [0.25, 0.3) is 55.3 Å². The molecular weight excluding hydrogens is 687 g/mol. The lowest BCUT2D eigenvalue weighted by Gasteiger charge is -2.35. The number of anilines is 3. The normalized spacial score (nSPS) is 14.4. The second-order valence-corrected chi connectivity index (χ2v) is 16.3. The van der Waals surface area contributed by atoms with Crippen LogP contribution in [0.15, 0.2) is 200 Å². The van der Waals surface area contributed by atoms with Crippen molar-refractivity contribution in [1.29, 1.82) is 0 Å². The third-order valence-corrected chi connectivity index (χ3v) is 13.2. The van der Waals surface area contributed by atoms with Gasteiger partial charge in [0.15, 0.2) is 0 Å². The van der Waals surface area contributed by atoms with Crippen LogP contribution in [0.2, 0.25) is 0 Å². The van der Waals surface area contributed by atoms with E-state index in [1.54, 1.807) is 0 Å². The van der Waals surface area contributed by atoms with E-state index >= 15 is 0 Å². The molecule has 268 valence electrons. The Morgan fingerprint density at radius 2 is 0.825 bits per heavy atom. The molecule has 57 heavy (non-hydrogen) atoms. The minimum absolute atomic E-state index is 0.147. The van der Waals surface area contributed by atoms with Gasteiger partial charge in [-0.2, -0.15) is 0 Å². The molecule has 0 N–H and O–H groups in total. The molecule has 0 fully saturated rings. The SMILES string of the molecule is CC1(C)c2ccccc2-c2ccc(N(c3ccccc3)c3c4c(c5ccccc5c3-c3ccccc3)C3(c5ccccc5-c5ccccc53)c3ccccc3-4)cc21. The van der Waals surface area contributed by atoms with Gasteiger partial charge in [0.05, 0.1) is 11.1 Å². The van der Waals surface area contributed by atoms with Gasteiger partial charge in [-0.3, -0.25) is 0 Å². The Morgan fingerprint density at radius 1 is 0.351 bits per heavy atom. The Balaban J connectivity index is 1.29. The number of para-hydroxylation sites is 1. The number of nitrogens with zero attached hydrogens (tertiary/aromatic N) is 1. The van der Waals surface area contributed by atoms with Crippen molar-refractivity contribution in [2.45, 2.75) is 24.7 Å². The molecule has 0 aromatic heterocycles. The zero-order chi connectivity index (χ0) is 37.9. The molecule has 0 atom stereocenters. The molecule has 1 heteroatoms. The highest BCUT2D eigenvalue weighted by Gasteiger charge is 2.54. The van der Waals surface area contributed by atoms with Crippen molar-refractivity contribution >= 4 is 27.8 Å². The van der Waals surface area contributed by atoms with E-state index in [1.807, 2.05) is 0 Å². The van der Waals surface area contributed by atoms with Gasteiger partial charge in [-0.1, -0.05) is 190 Å². The van der Waals surface area contributed by atoms with Gasteiger partial charge in [0.25, 0.3) is 0 Å². The summed E-state index contributed by atoms with van der Waals surface area (Å²) in [6, 6.07) is 75.0. The predicted octanol–water partition coefficient (Wildman–Crippen LogP) is 14.6. The third-order valence-electron chi connectivity index (χ3n) is 13.2. The molecule has 9 aromatic rings. The minimum Gasteiger partial charge on any atom is -0.309 e. The zero-order valence-corrected chi connectivity index (χ0v) is 32.0. The highest BCUT2D eigenvalue weighted by molar-refractivity contribution is 6.17. The topological polar surface area (TPSA) is 3.24 Å². The number of fused-ring (bicyclic) bond motifs is 15. The Labute approximate surface area is 334 Å². The Kier molecular flexibility index (Phi) is 6.67. The fourth-order valence-electron chi connectivity index (χ4n) is 11.0. The summed E-state index contributed by atoms with van der Waals surface area (Å²) < 4.78 is 0. The van der Waals surface area contributed by atoms with Crippen molar-refractivity contribution in [3.05, 3.63) is 234 Å². The molecule has 0 bridgehead atoms. The average Bonchev–Trinajstić information content (AvgIpc) is 3.83. The van der Waals surface area contributed by atoms with Gasteiger partial charge in [-0.05, 0) is 102 Å². The molecule has 3 aliphatic carbocycles. The van der Waals surface area contributed by atoms with E-state index in [2.05, 4.69) is 219 Å². The van der Waals surface area contributed by atoms with Gasteiger partial charge in [-0.25, -0.2) is 0 Å². The molecule has 0 radical (unpaired) electrons. The van der Waals surface area contributed by atoms with E-state index < -0.39 is 5.41 Å². The predicted molar refractivity (Wildman–Crippen MR) is 238 cm³/mol. The summed E-state index contributed by atoms with van der Waals surface area (Å²) in [7, 11) is 0. The van der Waals surface area contributed by atoms with Crippen molar-refractivity contribution < 1.29 is 0 Å². The summed E-state index contributed by atoms with van der Waals surface area (Å²) in [5.41, 5.74) is 21.3. The molecule has 0 aliphatic heterocycles. The van der Waals surface area contributed by atoms with Gasteiger partial charge < -0.3 is 4.90 Å². The van der Waals surface area contributed by atoms with Gasteiger partial charge in [0, 0.05) is 27.9 Å². The molecule has 0 heterocycles. The Morgan fingerprint density at radius 3 is 1.47 bits per heavy atom. The highest BCUT2D eigenvalue weighted by atomic mass is 15.1. The molecule has 0 saturated heterocycles. The molecule has 9 aromatic carbocycles. The van der Waals surface area contributed by atoms with Crippen molar-refractivity contribution in [2.75, 3.05) is 4.90 Å². The van der Waals surface area contributed by atoms with Crippen LogP contribution in [0.4, 0.5) is 17.1 Å². The lowest BCUT2D eigenvalue weighted by atomic mass is 9.69. The molecule has 12 rings (SSSR count). The molecule has 0 unspecified atom stereocenters. The summed E-state index contributed by atoms with van der Waals surface area (Å²) >= 11 is 0. The fourth-order valence-corrected chi connectivity index (χ4v) is 11.0. The van der Waals surface area contributed by atoms with Crippen LogP contribution in [0.5, 0.6) is 0 Å². The van der Waals surface area contributed by atoms with E-state index in [0.29, 0.717) is 0 Å². The summed E-state index contributed by atoms with van der Waals surface area (Å²) in [4.78, 5) is 2.58. The quantitative estimate of drug-likeness (QED) is 0.175. The lowest BCUT2D eigenvalue weighted by Crippen LogP contribution is -2.26.